The summed E-state index contributed by atoms with van der Waals surface area (Å²) in [6.45, 7) is 2.15. The van der Waals surface area contributed by atoms with E-state index >= 15 is 0 Å². The second kappa shape index (κ2) is 11.8. The van der Waals surface area contributed by atoms with Crippen LogP contribution < -0.4 is 10.2 Å². The first-order chi connectivity index (χ1) is 19.5. The van der Waals surface area contributed by atoms with Gasteiger partial charge in [-0.1, -0.05) is 29.8 Å². The first kappa shape index (κ1) is 29.7. The van der Waals surface area contributed by atoms with Crippen molar-refractivity contribution in [2.75, 3.05) is 38.1 Å². The van der Waals surface area contributed by atoms with E-state index in [9.17, 15) is 27.9 Å². The monoisotopic (exact) mass is 591 g/mol. The maximum Gasteiger partial charge on any atom is 0.430 e. The Morgan fingerprint density at radius 3 is 2.27 bits per heavy atom. The molecular weight excluding hydrogens is 555 g/mol. The van der Waals surface area contributed by atoms with Crippen LogP contribution in [0, 0.1) is 11.8 Å². The zero-order valence-electron chi connectivity index (χ0n) is 23.3. The molecule has 222 valence electrons. The molecule has 5 rings (SSSR count). The zero-order chi connectivity index (χ0) is 29.4. The topological polar surface area (TPSA) is 72.9 Å². The van der Waals surface area contributed by atoms with Gasteiger partial charge in [-0.15, -0.1) is 0 Å². The number of piperidine rings is 2. The quantitative estimate of drug-likeness (QED) is 0.466. The number of hydrogen-bond acceptors (Lipinski definition) is 4. The molecule has 10 heteroatoms. The highest BCUT2D eigenvalue weighted by molar-refractivity contribution is 6.34. The molecule has 0 radical (unpaired) electrons. The van der Waals surface area contributed by atoms with Crippen LogP contribution in [-0.4, -0.2) is 61.2 Å². The van der Waals surface area contributed by atoms with Gasteiger partial charge in [0.05, 0.1) is 10.6 Å². The minimum absolute atomic E-state index is 0.214. The molecule has 2 aliphatic heterocycles. The number of nitrogens with zero attached hydrogens (tertiary/aromatic N) is 2. The summed E-state index contributed by atoms with van der Waals surface area (Å²) in [5.74, 6) is -0.646. The lowest BCUT2D eigenvalue weighted by atomic mass is 9.81. The second-order valence-electron chi connectivity index (χ2n) is 11.6. The number of aliphatic hydroxyl groups is 1. The average molecular weight is 592 g/mol. The van der Waals surface area contributed by atoms with E-state index in [1.54, 1.807) is 19.2 Å². The molecule has 2 aromatic rings. The summed E-state index contributed by atoms with van der Waals surface area (Å²) in [5, 5.41) is 14.1. The van der Waals surface area contributed by atoms with Crippen molar-refractivity contribution in [3.8, 4) is 0 Å². The van der Waals surface area contributed by atoms with Gasteiger partial charge in [0.2, 0.25) is 0 Å². The molecule has 3 aliphatic rings. The number of anilines is 1. The van der Waals surface area contributed by atoms with Crippen LogP contribution in [0.1, 0.15) is 65.6 Å². The van der Waals surface area contributed by atoms with E-state index in [0.29, 0.717) is 53.7 Å². The number of benzene rings is 2. The standard InChI is InChI=1S/C31H37ClF3N3O3/c1-36-28(39)25-9-8-23(19-27(25)32)37-14-10-20(11-15-37)18-21-12-16-38(17-13-21)29(40)30(41,31(33,34)35)26-7-3-5-22-4-2-6-24(22)26/h3,5,7-9,19-21,41H,2,4,6,10-18H2,1H3,(H,36,39). The number of fused-ring (bicyclic) bond motifs is 1. The number of amides is 2. The van der Waals surface area contributed by atoms with E-state index in [2.05, 4.69) is 10.2 Å². The predicted molar refractivity (Wildman–Crippen MR) is 152 cm³/mol. The fraction of sp³-hybridized carbons (Fsp3) is 0.548. The molecule has 1 aliphatic carbocycles. The molecule has 1 atom stereocenters. The summed E-state index contributed by atoms with van der Waals surface area (Å²) >= 11 is 6.33. The number of carbonyl (C=O) groups excluding carboxylic acids is 2. The molecule has 2 heterocycles. The highest BCUT2D eigenvalue weighted by Crippen LogP contribution is 2.45. The van der Waals surface area contributed by atoms with Gasteiger partial charge in [0.25, 0.3) is 17.4 Å². The minimum Gasteiger partial charge on any atom is -0.371 e. The first-order valence-electron chi connectivity index (χ1n) is 14.5. The Morgan fingerprint density at radius 2 is 1.66 bits per heavy atom. The molecule has 0 saturated carbocycles. The van der Waals surface area contributed by atoms with Crippen LogP contribution >= 0.6 is 11.6 Å². The number of likely N-dealkylation sites (tertiary alicyclic amines) is 1. The van der Waals surface area contributed by atoms with Crippen LogP contribution in [0.15, 0.2) is 36.4 Å². The van der Waals surface area contributed by atoms with Crippen molar-refractivity contribution >= 4 is 29.1 Å². The summed E-state index contributed by atoms with van der Waals surface area (Å²) in [6.07, 6.45) is 0.909. The highest BCUT2D eigenvalue weighted by Gasteiger charge is 2.63. The lowest BCUT2D eigenvalue weighted by Crippen LogP contribution is -2.57. The number of halogens is 4. The molecule has 0 spiro atoms. The maximum atomic E-state index is 14.4. The van der Waals surface area contributed by atoms with Crippen molar-refractivity contribution in [3.63, 3.8) is 0 Å². The Morgan fingerprint density at radius 1 is 1.00 bits per heavy atom. The van der Waals surface area contributed by atoms with Crippen molar-refractivity contribution in [2.24, 2.45) is 11.8 Å². The first-order valence-corrected chi connectivity index (χ1v) is 14.9. The largest absolute Gasteiger partial charge is 0.430 e. The third kappa shape index (κ3) is 5.80. The average Bonchev–Trinajstić information content (AvgIpc) is 3.45. The zero-order valence-corrected chi connectivity index (χ0v) is 24.0. The molecule has 0 bridgehead atoms. The Balaban J connectivity index is 1.16. The molecule has 2 N–H and O–H groups in total. The van der Waals surface area contributed by atoms with Crippen LogP contribution in [0.4, 0.5) is 18.9 Å². The summed E-state index contributed by atoms with van der Waals surface area (Å²) in [5.41, 5.74) is -1.15. The molecule has 41 heavy (non-hydrogen) atoms. The maximum absolute atomic E-state index is 14.4. The predicted octanol–water partition coefficient (Wildman–Crippen LogP) is 5.48. The minimum atomic E-state index is -5.11. The summed E-state index contributed by atoms with van der Waals surface area (Å²) in [6, 6.07) is 10.0. The molecule has 1 unspecified atom stereocenters. The van der Waals surface area contributed by atoms with Crippen LogP contribution in [0.25, 0.3) is 0 Å². The van der Waals surface area contributed by atoms with Crippen LogP contribution in [0.2, 0.25) is 5.02 Å². The third-order valence-corrected chi connectivity index (χ3v) is 9.54. The lowest BCUT2D eigenvalue weighted by Gasteiger charge is -2.40. The molecule has 2 saturated heterocycles. The van der Waals surface area contributed by atoms with E-state index in [1.807, 2.05) is 12.1 Å². The third-order valence-electron chi connectivity index (χ3n) is 9.23. The number of hydrogen-bond donors (Lipinski definition) is 2. The van der Waals surface area contributed by atoms with Crippen LogP contribution in [0.5, 0.6) is 0 Å². The SMILES string of the molecule is CNC(=O)c1ccc(N2CCC(CC3CCN(C(=O)C(O)(c4cccc5c4CCC5)C(F)(F)F)CC3)CC2)cc1Cl. The van der Waals surface area contributed by atoms with Gasteiger partial charge < -0.3 is 20.2 Å². The smallest absolute Gasteiger partial charge is 0.371 e. The van der Waals surface area contributed by atoms with Gasteiger partial charge in [-0.2, -0.15) is 13.2 Å². The van der Waals surface area contributed by atoms with Gasteiger partial charge in [0.15, 0.2) is 0 Å². The van der Waals surface area contributed by atoms with E-state index in [4.69, 9.17) is 11.6 Å². The number of nitrogens with one attached hydrogen (secondary N) is 1. The fourth-order valence-corrected chi connectivity index (χ4v) is 7.13. The van der Waals surface area contributed by atoms with Gasteiger partial charge in [0.1, 0.15) is 0 Å². The van der Waals surface area contributed by atoms with Crippen molar-refractivity contribution in [3.05, 3.63) is 63.7 Å². The number of carbonyl (C=O) groups is 2. The van der Waals surface area contributed by atoms with E-state index in [1.165, 1.54) is 17.0 Å². The lowest BCUT2D eigenvalue weighted by molar-refractivity contribution is -0.262. The summed E-state index contributed by atoms with van der Waals surface area (Å²) in [4.78, 5) is 28.7. The van der Waals surface area contributed by atoms with Gasteiger partial charge in [0, 0.05) is 44.5 Å². The van der Waals surface area contributed by atoms with Crippen molar-refractivity contribution < 1.29 is 27.9 Å². The Labute approximate surface area is 243 Å². The van der Waals surface area contributed by atoms with Crippen molar-refractivity contribution in [1.82, 2.24) is 10.2 Å². The van der Waals surface area contributed by atoms with Gasteiger partial charge in [-0.25, -0.2) is 0 Å². The molecule has 2 fully saturated rings. The Bertz CT molecular complexity index is 1290. The molecule has 6 nitrogen and oxygen atoms in total. The summed E-state index contributed by atoms with van der Waals surface area (Å²) in [7, 11) is 1.57. The number of rotatable bonds is 6. The van der Waals surface area contributed by atoms with Gasteiger partial charge >= 0.3 is 6.18 Å². The van der Waals surface area contributed by atoms with Crippen molar-refractivity contribution in [2.45, 2.75) is 63.1 Å². The number of aryl methyl sites for hydroxylation is 1. The molecular formula is C31H37ClF3N3O3. The Hall–Kier alpha value is -2.78. The van der Waals surface area contributed by atoms with E-state index in [-0.39, 0.29) is 24.6 Å². The number of alkyl halides is 3. The molecule has 2 aromatic carbocycles. The Kier molecular flexibility index (Phi) is 8.58. The van der Waals surface area contributed by atoms with Gasteiger partial charge in [-0.3, -0.25) is 9.59 Å². The molecule has 0 aromatic heterocycles. The van der Waals surface area contributed by atoms with E-state index in [0.717, 1.165) is 50.0 Å². The normalized spacial score (nSPS) is 20.0. The summed E-state index contributed by atoms with van der Waals surface area (Å²) < 4.78 is 43.1. The van der Waals surface area contributed by atoms with Crippen LogP contribution in [-0.2, 0) is 23.2 Å². The van der Waals surface area contributed by atoms with E-state index < -0.39 is 17.7 Å². The van der Waals surface area contributed by atoms with Gasteiger partial charge in [-0.05, 0) is 92.5 Å². The second-order valence-corrected chi connectivity index (χ2v) is 12.1. The highest BCUT2D eigenvalue weighted by atomic mass is 35.5. The van der Waals surface area contributed by atoms with Crippen molar-refractivity contribution in [1.29, 1.82) is 0 Å². The fourth-order valence-electron chi connectivity index (χ4n) is 6.87. The van der Waals surface area contributed by atoms with Crippen LogP contribution in [0.3, 0.4) is 0 Å². The molecule has 2 amide bonds.